The Morgan fingerprint density at radius 3 is 2.21 bits per heavy atom. The van der Waals surface area contributed by atoms with Gasteiger partial charge in [-0.3, -0.25) is 9.47 Å². The van der Waals surface area contributed by atoms with Crippen molar-refractivity contribution in [3.05, 3.63) is 12.2 Å². The van der Waals surface area contributed by atoms with Crippen molar-refractivity contribution in [2.45, 2.75) is 147 Å². The summed E-state index contributed by atoms with van der Waals surface area (Å²) >= 11 is 0. The minimum absolute atomic E-state index is 0.0123. The first-order valence-corrected chi connectivity index (χ1v) is 15.2. The summed E-state index contributed by atoms with van der Waals surface area (Å²) in [7, 11) is 0. The van der Waals surface area contributed by atoms with Crippen LogP contribution in [0.4, 0.5) is 0 Å². The molecule has 3 N–H and O–H groups in total. The first kappa shape index (κ1) is 31.5. The van der Waals surface area contributed by atoms with Crippen LogP contribution in [0.15, 0.2) is 12.2 Å². The van der Waals surface area contributed by atoms with Crippen molar-refractivity contribution in [2.75, 3.05) is 13.2 Å². The number of aliphatic hydroxyl groups excluding tert-OH is 1. The second-order valence-corrected chi connectivity index (χ2v) is 11.6. The Kier molecular flexibility index (Phi) is 13.6. The summed E-state index contributed by atoms with van der Waals surface area (Å²) in [6.07, 6.45) is 16.9. The number of hydrogen-bond acceptors (Lipinski definition) is 7. The number of hydrogen-bond donors (Lipinski definition) is 3. The summed E-state index contributed by atoms with van der Waals surface area (Å²) < 4.78 is 23.1. The number of unbranched alkanes of at least 4 members (excludes halogenated alkanes) is 4. The number of aliphatic hydroxyl groups is 3. The van der Waals surface area contributed by atoms with Gasteiger partial charge in [-0.1, -0.05) is 50.2 Å². The molecule has 7 heteroatoms. The van der Waals surface area contributed by atoms with Crippen LogP contribution in [0.5, 0.6) is 0 Å². The molecule has 7 nitrogen and oxygen atoms in total. The van der Waals surface area contributed by atoms with Gasteiger partial charge in [0.1, 0.15) is 5.60 Å². The van der Waals surface area contributed by atoms with Gasteiger partial charge in [-0.15, -0.1) is 0 Å². The molecule has 0 spiro atoms. The average Bonchev–Trinajstić information content (AvgIpc) is 3.23. The summed E-state index contributed by atoms with van der Waals surface area (Å²) in [5.74, 6) is 4.40. The van der Waals surface area contributed by atoms with E-state index in [-0.39, 0.29) is 24.7 Å². The second-order valence-electron chi connectivity index (χ2n) is 11.6. The summed E-state index contributed by atoms with van der Waals surface area (Å²) in [5, 5.41) is 32.9. The van der Waals surface area contributed by atoms with Gasteiger partial charge in [-0.25, -0.2) is 0 Å². The van der Waals surface area contributed by atoms with Gasteiger partial charge in [0.2, 0.25) is 0 Å². The highest BCUT2D eigenvalue weighted by Gasteiger charge is 2.39. The molecule has 3 rings (SSSR count). The topological polar surface area (TPSA) is 97.6 Å². The molecule has 3 unspecified atom stereocenters. The van der Waals surface area contributed by atoms with Gasteiger partial charge in [0.15, 0.2) is 12.6 Å². The SMILES string of the molecule is CCCCCCC=C[C@H]1CC[C@H](O)[C@@H]1CC(C)(O)C#CCCC(O)(OC1CCCCO1)OC1CCCCO1. The fraction of sp³-hybridized carbons (Fsp3) is 0.871. The maximum absolute atomic E-state index is 11.2. The molecule has 2 aliphatic heterocycles. The summed E-state index contributed by atoms with van der Waals surface area (Å²) in [6.45, 7) is 5.13. The van der Waals surface area contributed by atoms with Crippen molar-refractivity contribution in [3.63, 3.8) is 0 Å². The van der Waals surface area contributed by atoms with Gasteiger partial charge in [-0.05, 0) is 89.4 Å². The van der Waals surface area contributed by atoms with Crippen LogP contribution in [0.1, 0.15) is 117 Å². The molecule has 0 bridgehead atoms. The largest absolute Gasteiger partial charge is 0.393 e. The molecular formula is C31H52O7. The first-order valence-electron chi connectivity index (χ1n) is 15.2. The molecule has 38 heavy (non-hydrogen) atoms. The van der Waals surface area contributed by atoms with E-state index in [0.717, 1.165) is 44.9 Å². The van der Waals surface area contributed by atoms with Crippen molar-refractivity contribution in [3.8, 4) is 11.8 Å². The highest BCUT2D eigenvalue weighted by atomic mass is 16.9. The second kappa shape index (κ2) is 16.3. The van der Waals surface area contributed by atoms with Crippen molar-refractivity contribution < 1.29 is 34.3 Å². The van der Waals surface area contributed by atoms with Gasteiger partial charge >= 0.3 is 0 Å². The van der Waals surface area contributed by atoms with Crippen LogP contribution in [-0.4, -0.2) is 58.8 Å². The van der Waals surface area contributed by atoms with E-state index in [1.54, 1.807) is 6.92 Å². The molecule has 3 fully saturated rings. The Bertz CT molecular complexity index is 723. The Hall–Kier alpha value is -0.980. The van der Waals surface area contributed by atoms with Crippen molar-refractivity contribution in [1.82, 2.24) is 0 Å². The monoisotopic (exact) mass is 536 g/mol. The van der Waals surface area contributed by atoms with Gasteiger partial charge in [0.25, 0.3) is 5.97 Å². The van der Waals surface area contributed by atoms with Gasteiger partial charge in [0, 0.05) is 26.1 Å². The minimum Gasteiger partial charge on any atom is -0.393 e. The summed E-state index contributed by atoms with van der Waals surface area (Å²) in [5.41, 5.74) is -1.23. The van der Waals surface area contributed by atoms with E-state index in [2.05, 4.69) is 30.9 Å². The molecule has 6 atom stereocenters. The first-order chi connectivity index (χ1) is 18.3. The lowest BCUT2D eigenvalue weighted by Crippen LogP contribution is -2.45. The van der Waals surface area contributed by atoms with Crippen LogP contribution in [0.25, 0.3) is 0 Å². The van der Waals surface area contributed by atoms with Gasteiger partial charge in [0.05, 0.1) is 6.10 Å². The molecule has 3 aliphatic rings. The molecule has 0 radical (unpaired) electrons. The lowest BCUT2D eigenvalue weighted by Gasteiger charge is -2.36. The van der Waals surface area contributed by atoms with Crippen LogP contribution < -0.4 is 0 Å². The molecule has 0 amide bonds. The minimum atomic E-state index is -1.86. The molecule has 218 valence electrons. The van der Waals surface area contributed by atoms with Crippen LogP contribution in [-0.2, 0) is 18.9 Å². The number of rotatable bonds is 14. The van der Waals surface area contributed by atoms with Crippen molar-refractivity contribution >= 4 is 0 Å². The maximum Gasteiger partial charge on any atom is 0.285 e. The maximum atomic E-state index is 11.2. The Balaban J connectivity index is 1.52. The Morgan fingerprint density at radius 2 is 1.61 bits per heavy atom. The lowest BCUT2D eigenvalue weighted by molar-refractivity contribution is -0.441. The van der Waals surface area contributed by atoms with E-state index in [0.29, 0.717) is 32.5 Å². The van der Waals surface area contributed by atoms with Crippen LogP contribution >= 0.6 is 0 Å². The molecule has 1 aliphatic carbocycles. The van der Waals surface area contributed by atoms with Crippen molar-refractivity contribution in [1.29, 1.82) is 0 Å². The quantitative estimate of drug-likeness (QED) is 0.116. The highest BCUT2D eigenvalue weighted by Crippen LogP contribution is 2.38. The van der Waals surface area contributed by atoms with E-state index >= 15 is 0 Å². The molecule has 2 saturated heterocycles. The predicted octanol–water partition coefficient (Wildman–Crippen LogP) is 5.56. The standard InChI is InChI=1S/C31H52O7/c1-3-4-5-6-7-8-15-25-18-19-27(32)26(25)24-30(2,33)20-11-12-21-31(34,37-28-16-9-13-22-35-28)38-29-17-10-14-23-36-29/h8,15,25-29,32-34H,3-7,9-10,12-14,16-19,21-24H2,1-2H3/t25-,26+,27-,28?,29?,30?,31?/m0/s1. The zero-order valence-corrected chi connectivity index (χ0v) is 23.7. The average molecular weight is 537 g/mol. The summed E-state index contributed by atoms with van der Waals surface area (Å²) in [6, 6.07) is 0. The van der Waals surface area contributed by atoms with E-state index in [4.69, 9.17) is 18.9 Å². The molecule has 0 aromatic carbocycles. The highest BCUT2D eigenvalue weighted by molar-refractivity contribution is 5.14. The van der Waals surface area contributed by atoms with Crippen LogP contribution in [0, 0.1) is 23.7 Å². The van der Waals surface area contributed by atoms with Gasteiger partial charge in [-0.2, -0.15) is 0 Å². The zero-order valence-electron chi connectivity index (χ0n) is 23.7. The zero-order chi connectivity index (χ0) is 27.3. The molecule has 0 aromatic heterocycles. The van der Waals surface area contributed by atoms with E-state index in [1.165, 1.54) is 25.7 Å². The fourth-order valence-corrected chi connectivity index (χ4v) is 5.71. The third-order valence-electron chi connectivity index (χ3n) is 7.91. The van der Waals surface area contributed by atoms with Crippen molar-refractivity contribution in [2.24, 2.45) is 11.8 Å². The molecule has 2 heterocycles. The van der Waals surface area contributed by atoms with Crippen LogP contribution in [0.3, 0.4) is 0 Å². The van der Waals surface area contributed by atoms with Crippen LogP contribution in [0.2, 0.25) is 0 Å². The van der Waals surface area contributed by atoms with E-state index in [9.17, 15) is 15.3 Å². The van der Waals surface area contributed by atoms with Gasteiger partial charge < -0.3 is 24.8 Å². The number of allylic oxidation sites excluding steroid dienone is 2. The normalized spacial score (nSPS) is 31.4. The van der Waals surface area contributed by atoms with E-state index in [1.807, 2.05) is 0 Å². The fourth-order valence-electron chi connectivity index (χ4n) is 5.71. The third kappa shape index (κ3) is 11.3. The molecule has 0 aromatic rings. The third-order valence-corrected chi connectivity index (χ3v) is 7.91. The summed E-state index contributed by atoms with van der Waals surface area (Å²) in [4.78, 5) is 0. The predicted molar refractivity (Wildman–Crippen MR) is 147 cm³/mol. The number of ether oxygens (including phenoxy) is 4. The smallest absolute Gasteiger partial charge is 0.285 e. The Morgan fingerprint density at radius 1 is 0.921 bits per heavy atom. The molecular weight excluding hydrogens is 484 g/mol. The Labute approximate surface area is 230 Å². The lowest BCUT2D eigenvalue weighted by atomic mass is 9.84. The molecule has 1 saturated carbocycles. The van der Waals surface area contributed by atoms with E-state index < -0.39 is 30.3 Å².